The van der Waals surface area contributed by atoms with Gasteiger partial charge in [0.15, 0.2) is 5.11 Å². The average molecular weight is 210 g/mol. The van der Waals surface area contributed by atoms with E-state index >= 15 is 0 Å². The lowest BCUT2D eigenvalue weighted by Gasteiger charge is -2.04. The fraction of sp³-hybridized carbons (Fsp3) is 0. The van der Waals surface area contributed by atoms with Gasteiger partial charge in [-0.2, -0.15) is 0 Å². The number of carbonyl (C=O) groups is 1. The van der Waals surface area contributed by atoms with E-state index in [-0.39, 0.29) is 11.0 Å². The maximum Gasteiger partial charge on any atom is 0.265 e. The van der Waals surface area contributed by atoms with E-state index in [4.69, 9.17) is 11.6 Å². The number of nitrogen functional groups attached to an aromatic ring is 1. The maximum atomic E-state index is 11.0. The van der Waals surface area contributed by atoms with Crippen LogP contribution in [0.1, 0.15) is 10.4 Å². The second kappa shape index (κ2) is 4.54. The lowest BCUT2D eigenvalue weighted by Crippen LogP contribution is -2.29. The first-order valence-corrected chi connectivity index (χ1v) is 4.22. The molecule has 0 heterocycles. The molecule has 0 aliphatic heterocycles. The van der Waals surface area contributed by atoms with Gasteiger partial charge in [-0.3, -0.25) is 10.2 Å². The van der Waals surface area contributed by atoms with E-state index in [2.05, 4.69) is 17.5 Å². The molecule has 0 aromatic heterocycles. The summed E-state index contributed by atoms with van der Waals surface area (Å²) in [6, 6.07) is 6.60. The molecule has 0 saturated heterocycles. The molecule has 74 valence electrons. The first-order valence-electron chi connectivity index (χ1n) is 3.81. The molecule has 1 rings (SSSR count). The molecule has 0 aliphatic rings. The fourth-order valence-electron chi connectivity index (χ4n) is 0.931. The molecule has 0 fully saturated rings. The molecule has 1 aromatic rings. The van der Waals surface area contributed by atoms with Gasteiger partial charge in [-0.05, 0) is 36.5 Å². The number of hydrazine groups is 1. The summed E-state index contributed by atoms with van der Waals surface area (Å²) in [5.74, 6) is 4.63. The Labute approximate surface area is 86.4 Å². The molecular formula is C8H10N4OS. The van der Waals surface area contributed by atoms with Crippen molar-refractivity contribution in [2.45, 2.75) is 0 Å². The standard InChI is InChI=1S/C8H10N4OS/c9-8(14)11-6-3-1-5(2-4-6)7(13)12-10/h1-4H,10H2,(H,12,13)(H3,9,11,14). The molecule has 0 saturated carbocycles. The highest BCUT2D eigenvalue weighted by Gasteiger charge is 2.02. The minimum atomic E-state index is -0.341. The van der Waals surface area contributed by atoms with Crippen LogP contribution in [0.3, 0.4) is 0 Å². The second-order valence-corrected chi connectivity index (χ2v) is 2.98. The summed E-state index contributed by atoms with van der Waals surface area (Å²) in [4.78, 5) is 11.0. The molecule has 6 heteroatoms. The monoisotopic (exact) mass is 210 g/mol. The molecular weight excluding hydrogens is 200 g/mol. The summed E-state index contributed by atoms with van der Waals surface area (Å²) in [6.45, 7) is 0. The molecule has 0 radical (unpaired) electrons. The Morgan fingerprint density at radius 1 is 1.29 bits per heavy atom. The summed E-state index contributed by atoms with van der Waals surface area (Å²) in [6.07, 6.45) is 0. The molecule has 6 N–H and O–H groups in total. The van der Waals surface area contributed by atoms with Gasteiger partial charge in [0.25, 0.3) is 5.91 Å². The van der Waals surface area contributed by atoms with Crippen molar-refractivity contribution in [1.82, 2.24) is 5.43 Å². The quantitative estimate of drug-likeness (QED) is 0.237. The SMILES string of the molecule is NNC(=O)c1ccc(NC(N)=S)cc1. The second-order valence-electron chi connectivity index (χ2n) is 2.54. The highest BCUT2D eigenvalue weighted by atomic mass is 32.1. The average Bonchev–Trinajstić information content (AvgIpc) is 2.17. The number of thiocarbonyl (C=S) groups is 1. The Bertz CT molecular complexity index is 349. The van der Waals surface area contributed by atoms with Crippen LogP contribution in [0.25, 0.3) is 0 Å². The Kier molecular flexibility index (Phi) is 3.38. The largest absolute Gasteiger partial charge is 0.376 e. The third kappa shape index (κ3) is 2.68. The van der Waals surface area contributed by atoms with Crippen molar-refractivity contribution < 1.29 is 4.79 Å². The van der Waals surface area contributed by atoms with E-state index in [9.17, 15) is 4.79 Å². The number of anilines is 1. The molecule has 0 unspecified atom stereocenters. The van der Waals surface area contributed by atoms with Gasteiger partial charge in [0.2, 0.25) is 0 Å². The lowest BCUT2D eigenvalue weighted by atomic mass is 10.2. The van der Waals surface area contributed by atoms with Crippen LogP contribution >= 0.6 is 12.2 Å². The van der Waals surface area contributed by atoms with Gasteiger partial charge >= 0.3 is 0 Å². The van der Waals surface area contributed by atoms with Gasteiger partial charge in [-0.15, -0.1) is 0 Å². The minimum absolute atomic E-state index is 0.182. The zero-order valence-electron chi connectivity index (χ0n) is 7.28. The summed E-state index contributed by atoms with van der Waals surface area (Å²) in [5, 5.41) is 2.92. The first kappa shape index (κ1) is 10.4. The third-order valence-corrected chi connectivity index (χ3v) is 1.65. The van der Waals surface area contributed by atoms with E-state index < -0.39 is 0 Å². The van der Waals surface area contributed by atoms with Gasteiger partial charge < -0.3 is 11.1 Å². The normalized spacial score (nSPS) is 9.21. The summed E-state index contributed by atoms with van der Waals surface area (Å²) in [7, 11) is 0. The number of rotatable bonds is 2. The van der Waals surface area contributed by atoms with Crippen LogP contribution in [0, 0.1) is 0 Å². The zero-order chi connectivity index (χ0) is 10.6. The van der Waals surface area contributed by atoms with E-state index in [1.807, 2.05) is 5.43 Å². The molecule has 1 aromatic carbocycles. The Hall–Kier alpha value is -1.66. The smallest absolute Gasteiger partial charge is 0.265 e. The van der Waals surface area contributed by atoms with Crippen molar-refractivity contribution in [2.24, 2.45) is 11.6 Å². The van der Waals surface area contributed by atoms with Gasteiger partial charge in [-0.1, -0.05) is 0 Å². The van der Waals surface area contributed by atoms with Crippen molar-refractivity contribution in [1.29, 1.82) is 0 Å². The van der Waals surface area contributed by atoms with Crippen LogP contribution < -0.4 is 22.3 Å². The van der Waals surface area contributed by atoms with Gasteiger partial charge in [0.05, 0.1) is 0 Å². The van der Waals surface area contributed by atoms with Crippen molar-refractivity contribution in [2.75, 3.05) is 5.32 Å². The Balaban J connectivity index is 2.78. The van der Waals surface area contributed by atoms with Crippen molar-refractivity contribution in [3.8, 4) is 0 Å². The van der Waals surface area contributed by atoms with E-state index in [0.717, 1.165) is 5.69 Å². The number of carbonyl (C=O) groups excluding carboxylic acids is 1. The topological polar surface area (TPSA) is 93.2 Å². The third-order valence-electron chi connectivity index (χ3n) is 1.55. The summed E-state index contributed by atoms with van der Waals surface area (Å²) < 4.78 is 0. The zero-order valence-corrected chi connectivity index (χ0v) is 8.10. The number of nitrogens with one attached hydrogen (secondary N) is 2. The number of hydrogen-bond donors (Lipinski definition) is 4. The van der Waals surface area contributed by atoms with Crippen molar-refractivity contribution in [3.05, 3.63) is 29.8 Å². The van der Waals surface area contributed by atoms with Crippen molar-refractivity contribution >= 4 is 28.9 Å². The maximum absolute atomic E-state index is 11.0. The number of amides is 1. The van der Waals surface area contributed by atoms with Crippen LogP contribution in [-0.4, -0.2) is 11.0 Å². The van der Waals surface area contributed by atoms with Crippen LogP contribution in [0.5, 0.6) is 0 Å². The highest BCUT2D eigenvalue weighted by Crippen LogP contribution is 2.08. The predicted molar refractivity (Wildman–Crippen MR) is 58.5 cm³/mol. The summed E-state index contributed by atoms with van der Waals surface area (Å²) in [5.41, 5.74) is 8.50. The van der Waals surface area contributed by atoms with E-state index in [1.165, 1.54) is 0 Å². The van der Waals surface area contributed by atoms with E-state index in [0.29, 0.717) is 5.56 Å². The van der Waals surface area contributed by atoms with Crippen LogP contribution in [-0.2, 0) is 0 Å². The number of hydrogen-bond acceptors (Lipinski definition) is 3. The Morgan fingerprint density at radius 2 is 1.86 bits per heavy atom. The number of nitrogens with two attached hydrogens (primary N) is 2. The number of benzene rings is 1. The van der Waals surface area contributed by atoms with Gasteiger partial charge in [0, 0.05) is 11.3 Å². The molecule has 5 nitrogen and oxygen atoms in total. The lowest BCUT2D eigenvalue weighted by molar-refractivity contribution is 0.0953. The van der Waals surface area contributed by atoms with Crippen LogP contribution in [0.2, 0.25) is 0 Å². The molecule has 0 spiro atoms. The van der Waals surface area contributed by atoms with Crippen molar-refractivity contribution in [3.63, 3.8) is 0 Å². The minimum Gasteiger partial charge on any atom is -0.376 e. The van der Waals surface area contributed by atoms with Crippen LogP contribution in [0.15, 0.2) is 24.3 Å². The first-order chi connectivity index (χ1) is 6.63. The summed E-state index contributed by atoms with van der Waals surface area (Å²) >= 11 is 4.65. The predicted octanol–water partition coefficient (Wildman–Crippen LogP) is -0.0544. The van der Waals surface area contributed by atoms with Crippen LogP contribution in [0.4, 0.5) is 5.69 Å². The molecule has 0 aliphatic carbocycles. The molecule has 14 heavy (non-hydrogen) atoms. The Morgan fingerprint density at radius 3 is 2.29 bits per heavy atom. The van der Waals surface area contributed by atoms with Gasteiger partial charge in [0.1, 0.15) is 0 Å². The molecule has 0 atom stereocenters. The highest BCUT2D eigenvalue weighted by molar-refractivity contribution is 7.80. The molecule has 1 amide bonds. The van der Waals surface area contributed by atoms with E-state index in [1.54, 1.807) is 24.3 Å². The van der Waals surface area contributed by atoms with Gasteiger partial charge in [-0.25, -0.2) is 5.84 Å². The molecule has 0 bridgehead atoms. The fourth-order valence-corrected chi connectivity index (χ4v) is 1.05.